The predicted molar refractivity (Wildman–Crippen MR) is 213 cm³/mol. The van der Waals surface area contributed by atoms with Crippen molar-refractivity contribution in [1.82, 2.24) is 0 Å². The number of esters is 1. The third kappa shape index (κ3) is 5.71. The van der Waals surface area contributed by atoms with Gasteiger partial charge in [0.1, 0.15) is 16.8 Å². The third-order valence-electron chi connectivity index (χ3n) is 13.8. The van der Waals surface area contributed by atoms with Crippen molar-refractivity contribution >= 4 is 11.8 Å². The quantitative estimate of drug-likeness (QED) is 0.0962. The first kappa shape index (κ1) is 37.3. The molecule has 284 valence electrons. The van der Waals surface area contributed by atoms with E-state index in [1.54, 1.807) is 13.0 Å². The number of carbonyl (C=O) groups is 2. The van der Waals surface area contributed by atoms with Crippen molar-refractivity contribution in [2.45, 2.75) is 82.2 Å². The zero-order valence-electron chi connectivity index (χ0n) is 32.4. The zero-order valence-corrected chi connectivity index (χ0v) is 32.4. The van der Waals surface area contributed by atoms with Gasteiger partial charge in [-0.2, -0.15) is 0 Å². The van der Waals surface area contributed by atoms with Crippen molar-refractivity contribution in [2.24, 2.45) is 29.1 Å². The van der Waals surface area contributed by atoms with E-state index in [4.69, 9.17) is 9.47 Å². The Kier molecular flexibility index (Phi) is 9.19. The van der Waals surface area contributed by atoms with Crippen molar-refractivity contribution in [3.8, 4) is 0 Å². The maximum Gasteiger partial charge on any atom is 0.306 e. The average molecular weight is 737 g/mol. The van der Waals surface area contributed by atoms with Gasteiger partial charge in [0, 0.05) is 29.6 Å². The molecule has 4 aromatic rings. The fraction of sp³-hybridized carbons (Fsp3) is 0.388. The molecule has 8 rings (SSSR count). The standard InChI is InChI=1S/C49H52O6/c1-32(36-18-10-6-11-19-36)27-42(50)55-47-29-34(3)48(53)40(43(47)45(47,4)5)28-35(30-46(52)41(48)26-33(2)44(46)51)31-54-49(37-20-12-7-13-21-37,38-22-14-8-15-23-38)39-24-16-9-17-25-39/h6-26,28,32,34,40-41,43,52-53H,27,29-31H2,1-5H3/t32-,34-,40+,41-,43-,46-,47+,48-/m1/s1. The summed E-state index contributed by atoms with van der Waals surface area (Å²) in [5, 5.41) is 25.8. The van der Waals surface area contributed by atoms with Crippen molar-refractivity contribution in [1.29, 1.82) is 0 Å². The Morgan fingerprint density at radius 1 is 0.818 bits per heavy atom. The van der Waals surface area contributed by atoms with Crippen molar-refractivity contribution in [2.75, 3.05) is 6.61 Å². The molecule has 4 aromatic carbocycles. The lowest BCUT2D eigenvalue weighted by Gasteiger charge is -2.50. The highest BCUT2D eigenvalue weighted by atomic mass is 16.6. The van der Waals surface area contributed by atoms with Gasteiger partial charge in [-0.15, -0.1) is 0 Å². The number of ketones is 1. The zero-order chi connectivity index (χ0) is 38.8. The first-order valence-electron chi connectivity index (χ1n) is 19.7. The van der Waals surface area contributed by atoms with Crippen LogP contribution in [-0.4, -0.2) is 45.4 Å². The SMILES string of the molecule is CC1=C[C@H]2[C@@]3(O)[C@H](C)C[C@]4(OC(=O)C[C@@H](C)c5ccccc5)[C@H]([C@@H]3C=C(COC(c3ccccc3)(c3ccccc3)c3ccccc3)C[C@]2(O)C1=O)C4(C)C. The maximum absolute atomic E-state index is 14.0. The Labute approximate surface area is 324 Å². The van der Waals surface area contributed by atoms with Crippen LogP contribution in [0.15, 0.2) is 145 Å². The van der Waals surface area contributed by atoms with Crippen LogP contribution in [-0.2, 0) is 24.7 Å². The molecule has 0 radical (unpaired) electrons. The lowest BCUT2D eigenvalue weighted by Crippen LogP contribution is -2.61. The van der Waals surface area contributed by atoms with E-state index in [1.165, 1.54) is 0 Å². The highest BCUT2D eigenvalue weighted by Crippen LogP contribution is 2.76. The first-order valence-corrected chi connectivity index (χ1v) is 19.7. The van der Waals surface area contributed by atoms with E-state index in [2.05, 4.69) is 56.3 Å². The van der Waals surface area contributed by atoms with Crippen LogP contribution in [0, 0.1) is 29.1 Å². The predicted octanol–water partition coefficient (Wildman–Crippen LogP) is 8.72. The van der Waals surface area contributed by atoms with Gasteiger partial charge in [0.2, 0.25) is 0 Å². The molecule has 6 heteroatoms. The van der Waals surface area contributed by atoms with Gasteiger partial charge < -0.3 is 19.7 Å². The molecule has 4 aliphatic rings. The van der Waals surface area contributed by atoms with E-state index in [-0.39, 0.29) is 43.0 Å². The molecule has 0 unspecified atom stereocenters. The number of hydrogen-bond donors (Lipinski definition) is 2. The molecule has 55 heavy (non-hydrogen) atoms. The fourth-order valence-corrected chi connectivity index (χ4v) is 11.0. The summed E-state index contributed by atoms with van der Waals surface area (Å²) < 4.78 is 13.9. The molecular formula is C49H52O6. The largest absolute Gasteiger partial charge is 0.458 e. The number of rotatable bonds is 10. The molecule has 0 aliphatic heterocycles. The second kappa shape index (κ2) is 13.5. The van der Waals surface area contributed by atoms with Gasteiger partial charge in [-0.1, -0.05) is 161 Å². The van der Waals surface area contributed by atoms with Crippen LogP contribution < -0.4 is 0 Å². The molecule has 6 nitrogen and oxygen atoms in total. The molecule has 0 spiro atoms. The van der Waals surface area contributed by atoms with Gasteiger partial charge in [-0.05, 0) is 58.6 Å². The van der Waals surface area contributed by atoms with E-state index in [0.717, 1.165) is 27.8 Å². The van der Waals surface area contributed by atoms with Crippen LogP contribution in [0.25, 0.3) is 0 Å². The summed E-state index contributed by atoms with van der Waals surface area (Å²) >= 11 is 0. The molecule has 0 bridgehead atoms. The molecule has 4 aliphatic carbocycles. The molecule has 0 aromatic heterocycles. The molecule has 0 amide bonds. The Morgan fingerprint density at radius 2 is 1.33 bits per heavy atom. The number of Topliss-reactive ketones (excluding diaryl/α,β-unsaturated/α-hetero) is 1. The second-order valence-electron chi connectivity index (χ2n) is 17.2. The molecule has 0 heterocycles. The number of carbonyl (C=O) groups excluding carboxylic acids is 2. The van der Waals surface area contributed by atoms with Crippen LogP contribution in [0.3, 0.4) is 0 Å². The van der Waals surface area contributed by atoms with E-state index >= 15 is 0 Å². The Bertz CT molecular complexity index is 2030. The van der Waals surface area contributed by atoms with Gasteiger partial charge in [0.15, 0.2) is 5.78 Å². The van der Waals surface area contributed by atoms with Crippen LogP contribution >= 0.6 is 0 Å². The van der Waals surface area contributed by atoms with Crippen molar-refractivity contribution in [3.63, 3.8) is 0 Å². The van der Waals surface area contributed by atoms with E-state index in [0.29, 0.717) is 12.0 Å². The highest BCUT2D eigenvalue weighted by Gasteiger charge is 2.83. The second-order valence-corrected chi connectivity index (χ2v) is 17.2. The number of aliphatic hydroxyl groups is 2. The monoisotopic (exact) mass is 736 g/mol. The first-order chi connectivity index (χ1) is 26.3. The van der Waals surface area contributed by atoms with Crippen molar-refractivity contribution in [3.05, 3.63) is 167 Å². The number of fused-ring (bicyclic) bond motifs is 5. The normalized spacial score (nSPS) is 31.1. The molecule has 2 fully saturated rings. The fourth-order valence-electron chi connectivity index (χ4n) is 11.0. The Balaban J connectivity index is 1.21. The van der Waals surface area contributed by atoms with Crippen LogP contribution in [0.5, 0.6) is 0 Å². The Hall–Kier alpha value is -4.62. The summed E-state index contributed by atoms with van der Waals surface area (Å²) in [6.45, 7) is 10.1. The van der Waals surface area contributed by atoms with Crippen LogP contribution in [0.2, 0.25) is 0 Å². The Morgan fingerprint density at radius 3 is 1.85 bits per heavy atom. The lowest BCUT2D eigenvalue weighted by atomic mass is 9.60. The van der Waals surface area contributed by atoms with Gasteiger partial charge in [-0.25, -0.2) is 0 Å². The van der Waals surface area contributed by atoms with E-state index in [9.17, 15) is 19.8 Å². The summed E-state index contributed by atoms with van der Waals surface area (Å²) in [5.41, 5.74) is -0.578. The number of hydrogen-bond acceptors (Lipinski definition) is 6. The minimum Gasteiger partial charge on any atom is -0.458 e. The highest BCUT2D eigenvalue weighted by molar-refractivity contribution is 6.04. The minimum atomic E-state index is -1.85. The minimum absolute atomic E-state index is 0.0127. The molecule has 2 saturated carbocycles. The molecular weight excluding hydrogens is 685 g/mol. The number of ether oxygens (including phenoxy) is 2. The summed E-state index contributed by atoms with van der Waals surface area (Å²) in [7, 11) is 0. The summed E-state index contributed by atoms with van der Waals surface area (Å²) in [6.07, 6.45) is 4.55. The van der Waals surface area contributed by atoms with Crippen LogP contribution in [0.1, 0.15) is 82.1 Å². The van der Waals surface area contributed by atoms with Gasteiger partial charge >= 0.3 is 5.97 Å². The van der Waals surface area contributed by atoms with Gasteiger partial charge in [-0.3, -0.25) is 9.59 Å². The smallest absolute Gasteiger partial charge is 0.306 e. The third-order valence-corrected chi connectivity index (χ3v) is 13.8. The van der Waals surface area contributed by atoms with Crippen molar-refractivity contribution < 1.29 is 29.3 Å². The van der Waals surface area contributed by atoms with Gasteiger partial charge in [0.05, 0.1) is 18.6 Å². The lowest BCUT2D eigenvalue weighted by molar-refractivity contribution is -0.187. The molecule has 0 saturated heterocycles. The molecule has 8 atom stereocenters. The topological polar surface area (TPSA) is 93.1 Å². The van der Waals surface area contributed by atoms with Crippen LogP contribution in [0.4, 0.5) is 0 Å². The van der Waals surface area contributed by atoms with Gasteiger partial charge in [0.25, 0.3) is 0 Å². The molecule has 2 N–H and O–H groups in total. The average Bonchev–Trinajstić information content (AvgIpc) is 3.59. The van der Waals surface area contributed by atoms with E-state index in [1.807, 2.05) is 98.8 Å². The van der Waals surface area contributed by atoms with E-state index < -0.39 is 45.6 Å². The number of benzene rings is 4. The summed E-state index contributed by atoms with van der Waals surface area (Å²) in [4.78, 5) is 27.8. The maximum atomic E-state index is 14.0. The summed E-state index contributed by atoms with van der Waals surface area (Å²) in [6, 6.07) is 40.4. The summed E-state index contributed by atoms with van der Waals surface area (Å²) in [5.74, 6) is -2.66.